The fourth-order valence-corrected chi connectivity index (χ4v) is 2.49. The Kier molecular flexibility index (Phi) is 4.58. The largest absolute Gasteiger partial charge is 0.497 e. The smallest absolute Gasteiger partial charge is 0.119 e. The number of rotatable bonds is 5. The molecule has 2 heteroatoms. The SMILES string of the molecule is COc1cccc(C(CN)C(C)c2ccccc2)c1. The highest BCUT2D eigenvalue weighted by Crippen LogP contribution is 2.33. The molecule has 0 fully saturated rings. The topological polar surface area (TPSA) is 35.2 Å². The molecule has 2 atom stereocenters. The van der Waals surface area contributed by atoms with Crippen LogP contribution in [0.25, 0.3) is 0 Å². The van der Waals surface area contributed by atoms with Crippen molar-refractivity contribution in [1.82, 2.24) is 0 Å². The molecule has 0 radical (unpaired) electrons. The molecule has 2 rings (SSSR count). The van der Waals surface area contributed by atoms with Gasteiger partial charge in [-0.25, -0.2) is 0 Å². The minimum Gasteiger partial charge on any atom is -0.497 e. The first-order valence-corrected chi connectivity index (χ1v) is 6.65. The van der Waals surface area contributed by atoms with E-state index in [2.05, 4.69) is 43.3 Å². The van der Waals surface area contributed by atoms with Crippen molar-refractivity contribution in [3.8, 4) is 5.75 Å². The maximum atomic E-state index is 5.99. The van der Waals surface area contributed by atoms with Crippen molar-refractivity contribution in [2.45, 2.75) is 18.8 Å². The lowest BCUT2D eigenvalue weighted by atomic mass is 9.83. The number of ether oxygens (including phenoxy) is 1. The molecule has 0 bridgehead atoms. The standard InChI is InChI=1S/C17H21NO/c1-13(14-7-4-3-5-8-14)17(12-18)15-9-6-10-16(11-15)19-2/h3-11,13,17H,12,18H2,1-2H3. The van der Waals surface area contributed by atoms with Crippen molar-refractivity contribution in [2.24, 2.45) is 5.73 Å². The Labute approximate surface area is 115 Å². The first-order chi connectivity index (χ1) is 9.26. The van der Waals surface area contributed by atoms with Crippen LogP contribution in [0.15, 0.2) is 54.6 Å². The van der Waals surface area contributed by atoms with Gasteiger partial charge in [-0.3, -0.25) is 0 Å². The van der Waals surface area contributed by atoms with Crippen molar-refractivity contribution in [2.75, 3.05) is 13.7 Å². The van der Waals surface area contributed by atoms with Gasteiger partial charge in [-0.15, -0.1) is 0 Å². The highest BCUT2D eigenvalue weighted by Gasteiger charge is 2.19. The summed E-state index contributed by atoms with van der Waals surface area (Å²) < 4.78 is 5.29. The summed E-state index contributed by atoms with van der Waals surface area (Å²) >= 11 is 0. The van der Waals surface area contributed by atoms with E-state index in [4.69, 9.17) is 10.5 Å². The summed E-state index contributed by atoms with van der Waals surface area (Å²) in [7, 11) is 1.69. The van der Waals surface area contributed by atoms with Crippen LogP contribution in [0, 0.1) is 0 Å². The van der Waals surface area contributed by atoms with Crippen LogP contribution < -0.4 is 10.5 Å². The van der Waals surface area contributed by atoms with Crippen LogP contribution in [0.4, 0.5) is 0 Å². The van der Waals surface area contributed by atoms with Gasteiger partial charge in [0.25, 0.3) is 0 Å². The van der Waals surface area contributed by atoms with Crippen LogP contribution >= 0.6 is 0 Å². The highest BCUT2D eigenvalue weighted by molar-refractivity contribution is 5.34. The molecule has 0 saturated carbocycles. The van der Waals surface area contributed by atoms with Gasteiger partial charge in [-0.1, -0.05) is 49.4 Å². The average Bonchev–Trinajstić information content (AvgIpc) is 2.49. The molecule has 0 aliphatic carbocycles. The molecule has 2 aromatic carbocycles. The van der Waals surface area contributed by atoms with E-state index in [-0.39, 0.29) is 0 Å². The van der Waals surface area contributed by atoms with Crippen LogP contribution in [-0.2, 0) is 0 Å². The predicted octanol–water partition coefficient (Wildman–Crippen LogP) is 3.54. The van der Waals surface area contributed by atoms with E-state index < -0.39 is 0 Å². The number of methoxy groups -OCH3 is 1. The van der Waals surface area contributed by atoms with Gasteiger partial charge in [0.1, 0.15) is 5.75 Å². The predicted molar refractivity (Wildman–Crippen MR) is 79.6 cm³/mol. The molecular weight excluding hydrogens is 234 g/mol. The Morgan fingerprint density at radius 3 is 2.32 bits per heavy atom. The van der Waals surface area contributed by atoms with Gasteiger partial charge in [0.05, 0.1) is 7.11 Å². The van der Waals surface area contributed by atoms with Crippen molar-refractivity contribution in [3.63, 3.8) is 0 Å². The maximum Gasteiger partial charge on any atom is 0.119 e. The Morgan fingerprint density at radius 1 is 1.00 bits per heavy atom. The van der Waals surface area contributed by atoms with E-state index in [1.54, 1.807) is 7.11 Å². The molecule has 0 spiro atoms. The summed E-state index contributed by atoms with van der Waals surface area (Å²) in [5.41, 5.74) is 8.55. The molecule has 0 saturated heterocycles. The van der Waals surface area contributed by atoms with Crippen LogP contribution in [0.5, 0.6) is 5.75 Å². The minimum absolute atomic E-state index is 0.303. The van der Waals surface area contributed by atoms with Crippen molar-refractivity contribution in [1.29, 1.82) is 0 Å². The molecular formula is C17H21NO. The van der Waals surface area contributed by atoms with Gasteiger partial charge < -0.3 is 10.5 Å². The second-order valence-electron chi connectivity index (χ2n) is 4.82. The second kappa shape index (κ2) is 6.39. The average molecular weight is 255 g/mol. The fraction of sp³-hybridized carbons (Fsp3) is 0.294. The van der Waals surface area contributed by atoms with Gasteiger partial charge in [-0.05, 0) is 35.7 Å². The molecule has 0 aliphatic rings. The van der Waals surface area contributed by atoms with E-state index in [1.807, 2.05) is 18.2 Å². The normalized spacial score (nSPS) is 13.8. The summed E-state index contributed by atoms with van der Waals surface area (Å²) in [4.78, 5) is 0. The molecule has 100 valence electrons. The summed E-state index contributed by atoms with van der Waals surface area (Å²) in [6.45, 7) is 2.86. The number of nitrogens with two attached hydrogens (primary N) is 1. The molecule has 0 aromatic heterocycles. The van der Waals surface area contributed by atoms with Gasteiger partial charge in [0.15, 0.2) is 0 Å². The van der Waals surface area contributed by atoms with E-state index in [0.29, 0.717) is 18.4 Å². The number of hydrogen-bond acceptors (Lipinski definition) is 2. The van der Waals surface area contributed by atoms with Gasteiger partial charge >= 0.3 is 0 Å². The molecule has 2 unspecified atom stereocenters. The summed E-state index contributed by atoms with van der Waals surface area (Å²) in [5.74, 6) is 1.58. The monoisotopic (exact) mass is 255 g/mol. The molecule has 19 heavy (non-hydrogen) atoms. The Hall–Kier alpha value is -1.80. The van der Waals surface area contributed by atoms with Crippen molar-refractivity contribution < 1.29 is 4.74 Å². The summed E-state index contributed by atoms with van der Waals surface area (Å²) in [5, 5.41) is 0. The zero-order chi connectivity index (χ0) is 13.7. The third-order valence-electron chi connectivity index (χ3n) is 3.70. The van der Waals surface area contributed by atoms with E-state index in [0.717, 1.165) is 5.75 Å². The van der Waals surface area contributed by atoms with Gasteiger partial charge in [-0.2, -0.15) is 0 Å². The Morgan fingerprint density at radius 2 is 1.68 bits per heavy atom. The lowest BCUT2D eigenvalue weighted by molar-refractivity contribution is 0.413. The quantitative estimate of drug-likeness (QED) is 0.887. The second-order valence-corrected chi connectivity index (χ2v) is 4.82. The van der Waals surface area contributed by atoms with E-state index in [1.165, 1.54) is 11.1 Å². The first kappa shape index (κ1) is 13.6. The number of benzene rings is 2. The Bertz CT molecular complexity index is 510. The van der Waals surface area contributed by atoms with Crippen molar-refractivity contribution >= 4 is 0 Å². The highest BCUT2D eigenvalue weighted by atomic mass is 16.5. The maximum absolute atomic E-state index is 5.99. The van der Waals surface area contributed by atoms with Crippen LogP contribution in [0.1, 0.15) is 29.9 Å². The fourth-order valence-electron chi connectivity index (χ4n) is 2.49. The van der Waals surface area contributed by atoms with Crippen LogP contribution in [0.2, 0.25) is 0 Å². The lowest BCUT2D eigenvalue weighted by Crippen LogP contribution is -2.18. The molecule has 0 heterocycles. The number of hydrogen-bond donors (Lipinski definition) is 1. The van der Waals surface area contributed by atoms with Crippen LogP contribution in [0.3, 0.4) is 0 Å². The molecule has 2 aromatic rings. The van der Waals surface area contributed by atoms with E-state index in [9.17, 15) is 0 Å². The lowest BCUT2D eigenvalue weighted by Gasteiger charge is -2.24. The summed E-state index contributed by atoms with van der Waals surface area (Å²) in [6.07, 6.45) is 0. The minimum atomic E-state index is 0.303. The molecule has 0 aliphatic heterocycles. The zero-order valence-electron chi connectivity index (χ0n) is 11.5. The van der Waals surface area contributed by atoms with Gasteiger partial charge in [0, 0.05) is 5.92 Å². The summed E-state index contributed by atoms with van der Waals surface area (Å²) in [6, 6.07) is 18.7. The van der Waals surface area contributed by atoms with Crippen LogP contribution in [-0.4, -0.2) is 13.7 Å². The van der Waals surface area contributed by atoms with Gasteiger partial charge in [0.2, 0.25) is 0 Å². The Balaban J connectivity index is 2.28. The molecule has 2 nitrogen and oxygen atoms in total. The molecule has 0 amide bonds. The zero-order valence-corrected chi connectivity index (χ0v) is 11.5. The molecule has 2 N–H and O–H groups in total. The van der Waals surface area contributed by atoms with Crippen molar-refractivity contribution in [3.05, 3.63) is 65.7 Å². The third-order valence-corrected chi connectivity index (χ3v) is 3.70. The third kappa shape index (κ3) is 3.15. The van der Waals surface area contributed by atoms with E-state index >= 15 is 0 Å². The first-order valence-electron chi connectivity index (χ1n) is 6.65.